The molecule has 0 saturated carbocycles. The Balaban J connectivity index is 2.34. The van der Waals surface area contributed by atoms with Crippen LogP contribution in [-0.4, -0.2) is 32.3 Å². The molecule has 2 rings (SSSR count). The van der Waals surface area contributed by atoms with Crippen molar-refractivity contribution in [2.24, 2.45) is 0 Å². The number of benzene rings is 1. The summed E-state index contributed by atoms with van der Waals surface area (Å²) in [5.74, 6) is 0.759. The molecule has 1 aliphatic rings. The molecular weight excluding hydrogens is 230 g/mol. The fourth-order valence-electron chi connectivity index (χ4n) is 2.11. The molecule has 0 unspecified atom stereocenters. The molecule has 0 aliphatic carbocycles. The minimum absolute atomic E-state index is 0.0221. The lowest BCUT2D eigenvalue weighted by molar-refractivity contribution is -0.122. The zero-order chi connectivity index (χ0) is 13.1. The molecule has 0 saturated heterocycles. The van der Waals surface area contributed by atoms with Crippen molar-refractivity contribution in [1.29, 1.82) is 0 Å². The number of amides is 1. The SMILES string of the molecule is CC[C@H]1CN(C(=O)COC)c2cc(C)ccc2O1. The van der Waals surface area contributed by atoms with Crippen LogP contribution in [0.15, 0.2) is 18.2 Å². The van der Waals surface area contributed by atoms with Crippen molar-refractivity contribution in [3.8, 4) is 5.75 Å². The second kappa shape index (κ2) is 5.40. The first-order chi connectivity index (χ1) is 8.65. The number of anilines is 1. The van der Waals surface area contributed by atoms with Gasteiger partial charge in [0.05, 0.1) is 12.2 Å². The largest absolute Gasteiger partial charge is 0.486 e. The molecule has 1 atom stereocenters. The monoisotopic (exact) mass is 249 g/mol. The quantitative estimate of drug-likeness (QED) is 0.824. The number of nitrogens with zero attached hydrogens (tertiary/aromatic N) is 1. The van der Waals surface area contributed by atoms with Gasteiger partial charge in [-0.1, -0.05) is 13.0 Å². The first-order valence-electron chi connectivity index (χ1n) is 6.22. The van der Waals surface area contributed by atoms with Crippen molar-refractivity contribution in [1.82, 2.24) is 0 Å². The molecule has 1 aromatic rings. The normalized spacial score (nSPS) is 18.2. The molecule has 0 radical (unpaired) electrons. The summed E-state index contributed by atoms with van der Waals surface area (Å²) in [4.78, 5) is 13.8. The van der Waals surface area contributed by atoms with E-state index in [1.165, 1.54) is 7.11 Å². The Hall–Kier alpha value is -1.55. The van der Waals surface area contributed by atoms with Crippen molar-refractivity contribution in [3.63, 3.8) is 0 Å². The number of aryl methyl sites for hydroxylation is 1. The third-order valence-electron chi connectivity index (χ3n) is 3.11. The van der Waals surface area contributed by atoms with Crippen LogP contribution >= 0.6 is 0 Å². The third-order valence-corrected chi connectivity index (χ3v) is 3.11. The van der Waals surface area contributed by atoms with Crippen LogP contribution in [0.2, 0.25) is 0 Å². The molecule has 0 bridgehead atoms. The van der Waals surface area contributed by atoms with Gasteiger partial charge in [0, 0.05) is 7.11 Å². The highest BCUT2D eigenvalue weighted by Gasteiger charge is 2.28. The highest BCUT2D eigenvalue weighted by molar-refractivity contribution is 5.96. The van der Waals surface area contributed by atoms with Gasteiger partial charge in [-0.25, -0.2) is 0 Å². The summed E-state index contributed by atoms with van der Waals surface area (Å²) in [5.41, 5.74) is 1.96. The Labute approximate surface area is 107 Å². The van der Waals surface area contributed by atoms with Gasteiger partial charge in [-0.15, -0.1) is 0 Å². The van der Waals surface area contributed by atoms with E-state index >= 15 is 0 Å². The maximum atomic E-state index is 12.1. The lowest BCUT2D eigenvalue weighted by Crippen LogP contribution is -2.44. The van der Waals surface area contributed by atoms with Gasteiger partial charge in [0.15, 0.2) is 0 Å². The van der Waals surface area contributed by atoms with Crippen LogP contribution in [-0.2, 0) is 9.53 Å². The molecular formula is C14H19NO3. The van der Waals surface area contributed by atoms with Crippen molar-refractivity contribution in [2.75, 3.05) is 25.2 Å². The Morgan fingerprint density at radius 3 is 3.00 bits per heavy atom. The summed E-state index contributed by atoms with van der Waals surface area (Å²) in [6, 6.07) is 5.91. The van der Waals surface area contributed by atoms with Gasteiger partial charge in [0.25, 0.3) is 5.91 Å². The number of rotatable bonds is 3. The minimum atomic E-state index is -0.0221. The van der Waals surface area contributed by atoms with E-state index in [2.05, 4.69) is 6.92 Å². The molecule has 1 heterocycles. The molecule has 1 aliphatic heterocycles. The summed E-state index contributed by atoms with van der Waals surface area (Å²) in [5, 5.41) is 0. The predicted molar refractivity (Wildman–Crippen MR) is 70.1 cm³/mol. The average Bonchev–Trinajstić information content (AvgIpc) is 2.37. The molecule has 4 heteroatoms. The van der Waals surface area contributed by atoms with Crippen LogP contribution < -0.4 is 9.64 Å². The second-order valence-corrected chi connectivity index (χ2v) is 4.56. The van der Waals surface area contributed by atoms with Crippen LogP contribution in [0.25, 0.3) is 0 Å². The van der Waals surface area contributed by atoms with Crippen LogP contribution in [0, 0.1) is 6.92 Å². The van der Waals surface area contributed by atoms with Crippen LogP contribution in [0.4, 0.5) is 5.69 Å². The van der Waals surface area contributed by atoms with Gasteiger partial charge >= 0.3 is 0 Å². The molecule has 0 spiro atoms. The molecule has 18 heavy (non-hydrogen) atoms. The van der Waals surface area contributed by atoms with Gasteiger partial charge in [-0.3, -0.25) is 4.79 Å². The van der Waals surface area contributed by atoms with E-state index in [1.807, 2.05) is 25.1 Å². The standard InChI is InChI=1S/C14H19NO3/c1-4-11-8-15(14(16)9-17-3)12-7-10(2)5-6-13(12)18-11/h5-7,11H,4,8-9H2,1-3H3/t11-/m0/s1. The number of methoxy groups -OCH3 is 1. The second-order valence-electron chi connectivity index (χ2n) is 4.56. The first kappa shape index (κ1) is 12.9. The van der Waals surface area contributed by atoms with Gasteiger partial charge in [-0.05, 0) is 31.0 Å². The summed E-state index contributed by atoms with van der Waals surface area (Å²) in [6.45, 7) is 4.76. The van der Waals surface area contributed by atoms with E-state index in [-0.39, 0.29) is 18.6 Å². The third kappa shape index (κ3) is 2.48. The number of carbonyl (C=O) groups is 1. The summed E-state index contributed by atoms with van der Waals surface area (Å²) in [7, 11) is 1.53. The number of hydrogen-bond donors (Lipinski definition) is 0. The first-order valence-corrected chi connectivity index (χ1v) is 6.22. The lowest BCUT2D eigenvalue weighted by atomic mass is 10.1. The summed E-state index contributed by atoms with van der Waals surface area (Å²) >= 11 is 0. The van der Waals surface area contributed by atoms with Gasteiger partial charge in [-0.2, -0.15) is 0 Å². The zero-order valence-electron chi connectivity index (χ0n) is 11.1. The van der Waals surface area contributed by atoms with E-state index in [0.717, 1.165) is 23.4 Å². The maximum Gasteiger partial charge on any atom is 0.253 e. The van der Waals surface area contributed by atoms with Gasteiger partial charge in [0.2, 0.25) is 0 Å². The van der Waals surface area contributed by atoms with Crippen LogP contribution in [0.1, 0.15) is 18.9 Å². The number of ether oxygens (including phenoxy) is 2. The van der Waals surface area contributed by atoms with Crippen molar-refractivity contribution < 1.29 is 14.3 Å². The highest BCUT2D eigenvalue weighted by atomic mass is 16.5. The smallest absolute Gasteiger partial charge is 0.253 e. The van der Waals surface area contributed by atoms with E-state index in [1.54, 1.807) is 4.90 Å². The minimum Gasteiger partial charge on any atom is -0.486 e. The van der Waals surface area contributed by atoms with Gasteiger partial charge < -0.3 is 14.4 Å². The Morgan fingerprint density at radius 2 is 2.33 bits per heavy atom. The summed E-state index contributed by atoms with van der Waals surface area (Å²) < 4.78 is 10.8. The van der Waals surface area contributed by atoms with E-state index in [9.17, 15) is 4.79 Å². The van der Waals surface area contributed by atoms with E-state index in [4.69, 9.17) is 9.47 Å². The zero-order valence-corrected chi connectivity index (χ0v) is 11.1. The number of fused-ring (bicyclic) bond motifs is 1. The summed E-state index contributed by atoms with van der Waals surface area (Å²) in [6.07, 6.45) is 0.936. The highest BCUT2D eigenvalue weighted by Crippen LogP contribution is 2.34. The van der Waals surface area contributed by atoms with E-state index in [0.29, 0.717) is 6.54 Å². The number of hydrogen-bond acceptors (Lipinski definition) is 3. The van der Waals surface area contributed by atoms with Crippen molar-refractivity contribution >= 4 is 11.6 Å². The molecule has 0 aromatic heterocycles. The molecule has 1 aromatic carbocycles. The fraction of sp³-hybridized carbons (Fsp3) is 0.500. The molecule has 0 fully saturated rings. The van der Waals surface area contributed by atoms with Crippen molar-refractivity contribution in [3.05, 3.63) is 23.8 Å². The molecule has 0 N–H and O–H groups in total. The average molecular weight is 249 g/mol. The maximum absolute atomic E-state index is 12.1. The molecule has 1 amide bonds. The Kier molecular flexibility index (Phi) is 3.87. The van der Waals surface area contributed by atoms with Crippen LogP contribution in [0.5, 0.6) is 5.75 Å². The Morgan fingerprint density at radius 1 is 1.56 bits per heavy atom. The molecule has 4 nitrogen and oxygen atoms in total. The topological polar surface area (TPSA) is 38.8 Å². The fourth-order valence-corrected chi connectivity index (χ4v) is 2.11. The van der Waals surface area contributed by atoms with Crippen LogP contribution in [0.3, 0.4) is 0 Å². The number of carbonyl (C=O) groups excluding carboxylic acids is 1. The van der Waals surface area contributed by atoms with Crippen molar-refractivity contribution in [2.45, 2.75) is 26.4 Å². The molecule has 98 valence electrons. The van der Waals surface area contributed by atoms with Gasteiger partial charge in [0.1, 0.15) is 18.5 Å². The Bertz CT molecular complexity index is 445. The lowest BCUT2D eigenvalue weighted by Gasteiger charge is -2.34. The predicted octanol–water partition coefficient (Wildman–Crippen LogP) is 2.15. The van der Waals surface area contributed by atoms with E-state index < -0.39 is 0 Å².